The lowest BCUT2D eigenvalue weighted by Gasteiger charge is -2.52. The van der Waals surface area contributed by atoms with Gasteiger partial charge in [0.05, 0.1) is 6.10 Å². The van der Waals surface area contributed by atoms with E-state index < -0.39 is 0 Å². The predicted molar refractivity (Wildman–Crippen MR) is 55.2 cm³/mol. The molecule has 3 nitrogen and oxygen atoms in total. The lowest BCUT2D eigenvalue weighted by molar-refractivity contribution is -0.0566. The zero-order chi connectivity index (χ0) is 10.0. The van der Waals surface area contributed by atoms with Crippen LogP contribution >= 0.6 is 0 Å². The lowest BCUT2D eigenvalue weighted by Crippen LogP contribution is -2.56. The van der Waals surface area contributed by atoms with Crippen molar-refractivity contribution in [1.82, 2.24) is 5.32 Å². The molecule has 1 saturated carbocycles. The number of ether oxygens (including phenoxy) is 1. The van der Waals surface area contributed by atoms with E-state index >= 15 is 0 Å². The normalized spacial score (nSPS) is 32.6. The predicted octanol–water partition coefficient (Wildman–Crippen LogP) is 0.916. The monoisotopic (exact) mass is 199 g/mol. The molecule has 0 amide bonds. The average Bonchev–Trinajstić information content (AvgIpc) is 2.17. The number of aliphatic hydroxyl groups is 1. The van der Waals surface area contributed by atoms with Crippen LogP contribution in [0.5, 0.6) is 0 Å². The number of aliphatic hydroxyl groups excluding tert-OH is 1. The van der Waals surface area contributed by atoms with Gasteiger partial charge in [0, 0.05) is 25.8 Å². The zero-order valence-electron chi connectivity index (χ0n) is 8.96. The van der Waals surface area contributed by atoms with Crippen LogP contribution in [0.4, 0.5) is 0 Å². The van der Waals surface area contributed by atoms with Gasteiger partial charge in [-0.05, 0) is 38.0 Å². The highest BCUT2D eigenvalue weighted by atomic mass is 16.5. The summed E-state index contributed by atoms with van der Waals surface area (Å²) in [5, 5.41) is 12.7. The van der Waals surface area contributed by atoms with E-state index in [2.05, 4.69) is 5.32 Å². The van der Waals surface area contributed by atoms with Gasteiger partial charge in [-0.2, -0.15) is 0 Å². The third kappa shape index (κ3) is 1.95. The summed E-state index contributed by atoms with van der Waals surface area (Å²) in [6.45, 7) is 4.41. The van der Waals surface area contributed by atoms with E-state index in [0.717, 1.165) is 19.8 Å². The van der Waals surface area contributed by atoms with E-state index in [1.54, 1.807) is 0 Å². The number of nitrogens with one attached hydrogen (secondary N) is 1. The highest BCUT2D eigenvalue weighted by molar-refractivity contribution is 5.01. The second-order valence-electron chi connectivity index (χ2n) is 4.82. The van der Waals surface area contributed by atoms with Crippen LogP contribution in [0.1, 0.15) is 32.6 Å². The standard InChI is InChI=1S/C11H21NO2/c1-9(13)8-12-10-2-3-11(10)4-6-14-7-5-11/h9-10,12-13H,2-8H2,1H3/t9-,10?/m1/s1. The van der Waals surface area contributed by atoms with Crippen molar-refractivity contribution >= 4 is 0 Å². The first-order valence-corrected chi connectivity index (χ1v) is 5.72. The second-order valence-corrected chi connectivity index (χ2v) is 4.82. The van der Waals surface area contributed by atoms with Crippen LogP contribution in [0.25, 0.3) is 0 Å². The molecular formula is C11H21NO2. The minimum Gasteiger partial charge on any atom is -0.392 e. The fourth-order valence-corrected chi connectivity index (χ4v) is 2.70. The van der Waals surface area contributed by atoms with Crippen LogP contribution in [-0.4, -0.2) is 37.0 Å². The Labute approximate surface area is 85.8 Å². The Kier molecular flexibility index (Phi) is 3.10. The van der Waals surface area contributed by atoms with E-state index in [1.807, 2.05) is 6.92 Å². The van der Waals surface area contributed by atoms with Crippen molar-refractivity contribution in [3.05, 3.63) is 0 Å². The van der Waals surface area contributed by atoms with Crippen LogP contribution in [0.3, 0.4) is 0 Å². The Hall–Kier alpha value is -0.120. The van der Waals surface area contributed by atoms with Crippen molar-refractivity contribution < 1.29 is 9.84 Å². The van der Waals surface area contributed by atoms with Crippen LogP contribution in [0.2, 0.25) is 0 Å². The molecule has 1 heterocycles. The Morgan fingerprint density at radius 1 is 1.43 bits per heavy atom. The molecule has 2 fully saturated rings. The minimum absolute atomic E-state index is 0.229. The largest absolute Gasteiger partial charge is 0.392 e. The van der Waals surface area contributed by atoms with E-state index in [-0.39, 0.29) is 6.10 Å². The Morgan fingerprint density at radius 3 is 2.64 bits per heavy atom. The van der Waals surface area contributed by atoms with E-state index in [0.29, 0.717) is 11.5 Å². The van der Waals surface area contributed by atoms with Gasteiger partial charge in [-0.1, -0.05) is 0 Å². The molecule has 82 valence electrons. The summed E-state index contributed by atoms with van der Waals surface area (Å²) < 4.78 is 5.40. The van der Waals surface area contributed by atoms with Gasteiger partial charge >= 0.3 is 0 Å². The first-order valence-electron chi connectivity index (χ1n) is 5.72. The lowest BCUT2D eigenvalue weighted by atomic mass is 9.60. The Morgan fingerprint density at radius 2 is 2.14 bits per heavy atom. The molecule has 2 N–H and O–H groups in total. The summed E-state index contributed by atoms with van der Waals surface area (Å²) in [4.78, 5) is 0. The summed E-state index contributed by atoms with van der Waals surface area (Å²) in [5.74, 6) is 0. The molecule has 1 spiro atoms. The van der Waals surface area contributed by atoms with Crippen molar-refractivity contribution in [2.45, 2.75) is 44.8 Å². The van der Waals surface area contributed by atoms with Crippen LogP contribution < -0.4 is 5.32 Å². The second kappa shape index (κ2) is 4.17. The molecule has 0 aromatic rings. The molecule has 1 saturated heterocycles. The van der Waals surface area contributed by atoms with Gasteiger partial charge in [-0.15, -0.1) is 0 Å². The maximum absolute atomic E-state index is 9.22. The quantitative estimate of drug-likeness (QED) is 0.710. The molecule has 1 aliphatic heterocycles. The summed E-state index contributed by atoms with van der Waals surface area (Å²) >= 11 is 0. The van der Waals surface area contributed by atoms with Crippen molar-refractivity contribution in [3.8, 4) is 0 Å². The van der Waals surface area contributed by atoms with E-state index in [9.17, 15) is 5.11 Å². The van der Waals surface area contributed by atoms with Crippen molar-refractivity contribution in [2.24, 2.45) is 5.41 Å². The summed E-state index contributed by atoms with van der Waals surface area (Å²) in [5.41, 5.74) is 0.507. The smallest absolute Gasteiger partial charge is 0.0636 e. The molecule has 2 rings (SSSR count). The molecule has 14 heavy (non-hydrogen) atoms. The first kappa shape index (κ1) is 10.4. The maximum atomic E-state index is 9.22. The molecule has 0 aromatic heterocycles. The topological polar surface area (TPSA) is 41.5 Å². The summed E-state index contributed by atoms with van der Waals surface area (Å²) in [6.07, 6.45) is 4.78. The molecule has 0 aromatic carbocycles. The van der Waals surface area contributed by atoms with Gasteiger partial charge in [0.25, 0.3) is 0 Å². The SMILES string of the molecule is C[C@@H](O)CNC1CCC12CCOCC2. The zero-order valence-corrected chi connectivity index (χ0v) is 8.96. The van der Waals surface area contributed by atoms with E-state index in [1.165, 1.54) is 25.7 Å². The molecule has 0 radical (unpaired) electrons. The molecule has 1 aliphatic carbocycles. The molecule has 2 aliphatic rings. The molecule has 3 heteroatoms. The Balaban J connectivity index is 1.81. The third-order valence-corrected chi connectivity index (χ3v) is 3.82. The van der Waals surface area contributed by atoms with Crippen molar-refractivity contribution in [2.75, 3.05) is 19.8 Å². The molecular weight excluding hydrogens is 178 g/mol. The van der Waals surface area contributed by atoms with Crippen LogP contribution in [0, 0.1) is 5.41 Å². The van der Waals surface area contributed by atoms with Gasteiger partial charge in [0.15, 0.2) is 0 Å². The third-order valence-electron chi connectivity index (χ3n) is 3.82. The summed E-state index contributed by atoms with van der Waals surface area (Å²) in [6, 6.07) is 0.626. The highest BCUT2D eigenvalue weighted by Crippen LogP contribution is 2.48. The van der Waals surface area contributed by atoms with Gasteiger partial charge in [0.2, 0.25) is 0 Å². The van der Waals surface area contributed by atoms with Gasteiger partial charge in [-0.3, -0.25) is 0 Å². The number of rotatable bonds is 3. The van der Waals surface area contributed by atoms with Gasteiger partial charge in [-0.25, -0.2) is 0 Å². The minimum atomic E-state index is -0.229. The first-order chi connectivity index (χ1) is 6.73. The van der Waals surface area contributed by atoms with Gasteiger partial charge < -0.3 is 15.2 Å². The molecule has 1 unspecified atom stereocenters. The van der Waals surface area contributed by atoms with Crippen molar-refractivity contribution in [1.29, 1.82) is 0 Å². The van der Waals surface area contributed by atoms with Crippen LogP contribution in [0.15, 0.2) is 0 Å². The maximum Gasteiger partial charge on any atom is 0.0636 e. The number of hydrogen-bond acceptors (Lipinski definition) is 3. The van der Waals surface area contributed by atoms with E-state index in [4.69, 9.17) is 4.74 Å². The fraction of sp³-hybridized carbons (Fsp3) is 1.00. The Bertz CT molecular complexity index is 188. The summed E-state index contributed by atoms with van der Waals surface area (Å²) in [7, 11) is 0. The van der Waals surface area contributed by atoms with Gasteiger partial charge in [0.1, 0.15) is 0 Å². The molecule has 0 bridgehead atoms. The molecule has 2 atom stereocenters. The van der Waals surface area contributed by atoms with Crippen LogP contribution in [-0.2, 0) is 4.74 Å². The fourth-order valence-electron chi connectivity index (χ4n) is 2.70. The highest BCUT2D eigenvalue weighted by Gasteiger charge is 2.46. The van der Waals surface area contributed by atoms with Crippen molar-refractivity contribution in [3.63, 3.8) is 0 Å². The number of hydrogen-bond donors (Lipinski definition) is 2. The average molecular weight is 199 g/mol.